The van der Waals surface area contributed by atoms with Crippen molar-refractivity contribution in [2.75, 3.05) is 16.8 Å². The van der Waals surface area contributed by atoms with Crippen LogP contribution in [0.25, 0.3) is 0 Å². The van der Waals surface area contributed by atoms with E-state index in [0.29, 0.717) is 12.0 Å². The molecule has 0 saturated carbocycles. The average Bonchev–Trinajstić information content (AvgIpc) is 2.45. The van der Waals surface area contributed by atoms with Gasteiger partial charge in [-0.2, -0.15) is 0 Å². The number of carbonyl (C=O) groups is 3. The van der Waals surface area contributed by atoms with E-state index in [0.717, 1.165) is 11.0 Å². The number of pyridine rings is 1. The monoisotopic (exact) mass is 273 g/mol. The predicted octanol–water partition coefficient (Wildman–Crippen LogP) is 1.31. The molecule has 104 valence electrons. The number of amides is 2. The zero-order valence-electron chi connectivity index (χ0n) is 11.1. The summed E-state index contributed by atoms with van der Waals surface area (Å²) in [4.78, 5) is 39.2. The maximum atomic E-state index is 11.7. The normalized spacial score (nSPS) is 10.1. The van der Waals surface area contributed by atoms with Crippen LogP contribution >= 0.6 is 0 Å². The fourth-order valence-corrected chi connectivity index (χ4v) is 1.50. The van der Waals surface area contributed by atoms with Gasteiger partial charge < -0.3 is 10.1 Å². The van der Waals surface area contributed by atoms with Gasteiger partial charge in [0.15, 0.2) is 5.82 Å². The molecule has 6 heteroatoms. The molecular formula is C14H15N3O3. The molecule has 1 N–H and O–H groups in total. The third kappa shape index (κ3) is 3.88. The average molecular weight is 273 g/mol. The highest BCUT2D eigenvalue weighted by Gasteiger charge is 2.18. The van der Waals surface area contributed by atoms with Crippen LogP contribution in [0.2, 0.25) is 0 Å². The van der Waals surface area contributed by atoms with E-state index >= 15 is 0 Å². The number of allylic oxidation sites excluding steroid dienone is 1. The number of aldehydes is 1. The second-order valence-electron chi connectivity index (χ2n) is 3.68. The van der Waals surface area contributed by atoms with Gasteiger partial charge in [-0.1, -0.05) is 12.7 Å². The second-order valence-corrected chi connectivity index (χ2v) is 3.68. The number of rotatable bonds is 6. The van der Waals surface area contributed by atoms with Gasteiger partial charge in [-0.15, -0.1) is 0 Å². The van der Waals surface area contributed by atoms with Crippen molar-refractivity contribution >= 4 is 29.6 Å². The van der Waals surface area contributed by atoms with Gasteiger partial charge in [-0.3, -0.25) is 14.5 Å². The first-order chi connectivity index (χ1) is 9.63. The maximum Gasteiger partial charge on any atom is 0.252 e. The van der Waals surface area contributed by atoms with Crippen molar-refractivity contribution in [1.29, 1.82) is 0 Å². The number of nitrogens with zero attached hydrogens (tertiary/aromatic N) is 2. The van der Waals surface area contributed by atoms with E-state index in [1.807, 2.05) is 0 Å². The fraction of sp³-hybridized carbons (Fsp3) is 0.143. The Labute approximate surface area is 116 Å². The first-order valence-electron chi connectivity index (χ1n) is 5.90. The zero-order chi connectivity index (χ0) is 15.0. The molecule has 0 aliphatic heterocycles. The van der Waals surface area contributed by atoms with Crippen molar-refractivity contribution in [1.82, 2.24) is 4.98 Å². The molecule has 20 heavy (non-hydrogen) atoms. The van der Waals surface area contributed by atoms with Crippen molar-refractivity contribution in [2.45, 2.75) is 6.92 Å². The number of hydrogen-bond donors (Lipinski definition) is 1. The van der Waals surface area contributed by atoms with Crippen molar-refractivity contribution in [2.24, 2.45) is 0 Å². The molecule has 0 radical (unpaired) electrons. The predicted molar refractivity (Wildman–Crippen MR) is 76.3 cm³/mol. The molecule has 1 heterocycles. The fourth-order valence-electron chi connectivity index (χ4n) is 1.50. The zero-order valence-corrected chi connectivity index (χ0v) is 11.1. The summed E-state index contributed by atoms with van der Waals surface area (Å²) in [6.07, 6.45) is 6.05. The van der Waals surface area contributed by atoms with E-state index in [1.165, 1.54) is 12.3 Å². The Morgan fingerprint density at radius 3 is 2.85 bits per heavy atom. The van der Waals surface area contributed by atoms with Gasteiger partial charge >= 0.3 is 0 Å². The minimum Gasteiger partial charge on any atom is -0.319 e. The molecule has 1 rings (SSSR count). The van der Waals surface area contributed by atoms with Crippen molar-refractivity contribution < 1.29 is 14.4 Å². The van der Waals surface area contributed by atoms with E-state index in [2.05, 4.69) is 16.9 Å². The van der Waals surface area contributed by atoms with Crippen molar-refractivity contribution in [3.8, 4) is 0 Å². The topological polar surface area (TPSA) is 79.4 Å². The lowest BCUT2D eigenvalue weighted by molar-refractivity contribution is -0.116. The van der Waals surface area contributed by atoms with E-state index < -0.39 is 5.91 Å². The van der Waals surface area contributed by atoms with Gasteiger partial charge in [-0.25, -0.2) is 4.98 Å². The first kappa shape index (κ1) is 15.3. The Bertz CT molecular complexity index is 552. The van der Waals surface area contributed by atoms with Gasteiger partial charge in [0.1, 0.15) is 6.29 Å². The third-order valence-corrected chi connectivity index (χ3v) is 2.32. The van der Waals surface area contributed by atoms with Crippen LogP contribution in [0.3, 0.4) is 0 Å². The van der Waals surface area contributed by atoms with Crippen molar-refractivity contribution in [3.05, 3.63) is 43.1 Å². The summed E-state index contributed by atoms with van der Waals surface area (Å²) in [5.41, 5.74) is 0.340. The molecule has 1 aromatic heterocycles. The van der Waals surface area contributed by atoms with Crippen LogP contribution in [-0.4, -0.2) is 29.6 Å². The lowest BCUT2D eigenvalue weighted by atomic mass is 10.3. The number of hydrogen-bond acceptors (Lipinski definition) is 4. The molecule has 0 saturated heterocycles. The van der Waals surface area contributed by atoms with Crippen molar-refractivity contribution in [3.63, 3.8) is 0 Å². The molecule has 0 bridgehead atoms. The molecular weight excluding hydrogens is 258 g/mol. The van der Waals surface area contributed by atoms with Crippen LogP contribution in [-0.2, 0) is 14.4 Å². The first-order valence-corrected chi connectivity index (χ1v) is 5.90. The SMILES string of the molecule is C=CC(=O)N(CC=O)c1ncccc1NC(=O)/C=C/C. The van der Waals surface area contributed by atoms with Gasteiger partial charge in [0, 0.05) is 6.20 Å². The Balaban J connectivity index is 3.14. The van der Waals surface area contributed by atoms with E-state index in [-0.39, 0.29) is 18.3 Å². The highest BCUT2D eigenvalue weighted by Crippen LogP contribution is 2.22. The van der Waals surface area contributed by atoms with Crippen LogP contribution in [0.1, 0.15) is 6.92 Å². The number of nitrogens with one attached hydrogen (secondary N) is 1. The molecule has 1 aromatic rings. The molecule has 0 fully saturated rings. The van der Waals surface area contributed by atoms with Gasteiger partial charge in [0.05, 0.1) is 12.2 Å². The van der Waals surface area contributed by atoms with Crippen LogP contribution in [0.4, 0.5) is 11.5 Å². The summed E-state index contributed by atoms with van der Waals surface area (Å²) in [6, 6.07) is 3.21. The molecule has 0 aliphatic carbocycles. The van der Waals surface area contributed by atoms with Gasteiger partial charge in [0.2, 0.25) is 5.91 Å². The standard InChI is InChI=1S/C14H15N3O3/c1-3-6-12(19)16-11-7-5-8-15-14(11)17(9-10-18)13(20)4-2/h3-8,10H,2,9H2,1H3,(H,16,19)/b6-3+. The van der Waals surface area contributed by atoms with Crippen LogP contribution in [0.15, 0.2) is 43.1 Å². The highest BCUT2D eigenvalue weighted by atomic mass is 16.2. The Morgan fingerprint density at radius 1 is 1.50 bits per heavy atom. The van der Waals surface area contributed by atoms with Crippen LogP contribution < -0.4 is 10.2 Å². The highest BCUT2D eigenvalue weighted by molar-refractivity contribution is 6.07. The van der Waals surface area contributed by atoms with Crippen LogP contribution in [0.5, 0.6) is 0 Å². The molecule has 0 aromatic carbocycles. The summed E-state index contributed by atoms with van der Waals surface area (Å²) in [7, 11) is 0. The summed E-state index contributed by atoms with van der Waals surface area (Å²) >= 11 is 0. The minimum absolute atomic E-state index is 0.172. The Kier molecular flexibility index (Phi) is 5.83. The molecule has 0 aliphatic rings. The summed E-state index contributed by atoms with van der Waals surface area (Å²) in [5, 5.41) is 2.60. The van der Waals surface area contributed by atoms with E-state index in [1.54, 1.807) is 25.1 Å². The number of aromatic nitrogens is 1. The Hall–Kier alpha value is -2.76. The summed E-state index contributed by atoms with van der Waals surface area (Å²) in [5.74, 6) is -0.626. The molecule has 6 nitrogen and oxygen atoms in total. The Morgan fingerprint density at radius 2 is 2.25 bits per heavy atom. The lowest BCUT2D eigenvalue weighted by Gasteiger charge is -2.20. The molecule has 0 unspecified atom stereocenters. The lowest BCUT2D eigenvalue weighted by Crippen LogP contribution is -2.32. The van der Waals surface area contributed by atoms with Gasteiger partial charge in [0.25, 0.3) is 5.91 Å². The van der Waals surface area contributed by atoms with E-state index in [9.17, 15) is 14.4 Å². The molecule has 0 atom stereocenters. The molecule has 2 amide bonds. The van der Waals surface area contributed by atoms with E-state index in [4.69, 9.17) is 0 Å². The second kappa shape index (κ2) is 7.63. The smallest absolute Gasteiger partial charge is 0.252 e. The quantitative estimate of drug-likeness (QED) is 0.626. The number of anilines is 2. The maximum absolute atomic E-state index is 11.7. The third-order valence-electron chi connectivity index (χ3n) is 2.32. The largest absolute Gasteiger partial charge is 0.319 e. The summed E-state index contributed by atoms with van der Waals surface area (Å²) < 4.78 is 0. The minimum atomic E-state index is -0.475. The number of carbonyl (C=O) groups excluding carboxylic acids is 3. The molecule has 0 spiro atoms. The van der Waals surface area contributed by atoms with Gasteiger partial charge in [-0.05, 0) is 31.2 Å². The van der Waals surface area contributed by atoms with Crippen LogP contribution in [0, 0.1) is 0 Å². The summed E-state index contributed by atoms with van der Waals surface area (Å²) in [6.45, 7) is 4.92.